The van der Waals surface area contributed by atoms with Crippen molar-refractivity contribution >= 4 is 29.3 Å². The normalized spacial score (nSPS) is 13.0. The molecule has 0 spiro atoms. The lowest BCUT2D eigenvalue weighted by atomic mass is 9.98. The molecule has 0 radical (unpaired) electrons. The molecule has 1 aliphatic carbocycles. The third-order valence-corrected chi connectivity index (χ3v) is 6.54. The zero-order chi connectivity index (χ0) is 24.2. The van der Waals surface area contributed by atoms with Gasteiger partial charge in [-0.25, -0.2) is 14.6 Å². The number of thiazole rings is 1. The number of nitrogens with zero attached hydrogens (tertiary/aromatic N) is 1. The van der Waals surface area contributed by atoms with Crippen LogP contribution in [0.2, 0.25) is 0 Å². The van der Waals surface area contributed by atoms with Gasteiger partial charge in [-0.05, 0) is 29.2 Å². The van der Waals surface area contributed by atoms with Crippen molar-refractivity contribution in [2.45, 2.75) is 25.4 Å². The molecule has 1 aliphatic rings. The molecule has 0 fully saturated rings. The minimum absolute atomic E-state index is 0.0500. The van der Waals surface area contributed by atoms with E-state index in [2.05, 4.69) is 27.8 Å². The van der Waals surface area contributed by atoms with Crippen molar-refractivity contribution in [3.05, 3.63) is 75.2 Å². The van der Waals surface area contributed by atoms with Gasteiger partial charge in [-0.2, -0.15) is 0 Å². The minimum Gasteiger partial charge on any atom is -0.480 e. The average molecular weight is 482 g/mol. The molecule has 1 unspecified atom stereocenters. The van der Waals surface area contributed by atoms with Crippen molar-refractivity contribution in [1.82, 2.24) is 15.6 Å². The number of aliphatic carboxylic acids is 1. The molecule has 0 bridgehead atoms. The van der Waals surface area contributed by atoms with Crippen LogP contribution in [0.1, 0.15) is 37.4 Å². The molecule has 10 heteroatoms. The third kappa shape index (κ3) is 4.78. The van der Waals surface area contributed by atoms with Crippen molar-refractivity contribution in [2.75, 3.05) is 13.2 Å². The summed E-state index contributed by atoms with van der Waals surface area (Å²) in [5.41, 5.74) is 4.56. The summed E-state index contributed by atoms with van der Waals surface area (Å²) in [6, 6.07) is 14.7. The monoisotopic (exact) mass is 481 g/mol. The molecule has 1 atom stereocenters. The number of aliphatic hydroxyl groups is 1. The largest absolute Gasteiger partial charge is 0.480 e. The number of amides is 2. The Morgan fingerprint density at radius 2 is 1.71 bits per heavy atom. The first-order chi connectivity index (χ1) is 16.4. The van der Waals surface area contributed by atoms with Crippen LogP contribution in [0.4, 0.5) is 4.79 Å². The standard InChI is InChI=1S/C24H23N3O6S/c1-13-21(22(29)26-19(11-28)23(30)31)27-20(34-13)10-25-24(32)33-12-18-16-8-4-2-6-14(16)15-7-3-5-9-17(15)18/h2-9,18-19,28H,10-12H2,1H3,(H,25,32)(H,26,29)(H,30,31). The van der Waals surface area contributed by atoms with Gasteiger partial charge in [-0.1, -0.05) is 48.5 Å². The molecule has 4 N–H and O–H groups in total. The number of carboxylic acids is 1. The number of hydrogen-bond acceptors (Lipinski definition) is 7. The number of benzene rings is 2. The summed E-state index contributed by atoms with van der Waals surface area (Å²) in [4.78, 5) is 40.4. The van der Waals surface area contributed by atoms with Crippen LogP contribution >= 0.6 is 11.3 Å². The van der Waals surface area contributed by atoms with Crippen molar-refractivity contribution in [1.29, 1.82) is 0 Å². The van der Waals surface area contributed by atoms with Gasteiger partial charge >= 0.3 is 12.1 Å². The van der Waals surface area contributed by atoms with Crippen LogP contribution in [0.15, 0.2) is 48.5 Å². The highest BCUT2D eigenvalue weighted by molar-refractivity contribution is 7.11. The Kier molecular flexibility index (Phi) is 6.90. The first-order valence-electron chi connectivity index (χ1n) is 10.6. The highest BCUT2D eigenvalue weighted by atomic mass is 32.1. The van der Waals surface area contributed by atoms with E-state index < -0.39 is 30.6 Å². The van der Waals surface area contributed by atoms with Crippen LogP contribution in [-0.2, 0) is 16.1 Å². The Labute approximate surface area is 199 Å². The number of nitrogens with one attached hydrogen (secondary N) is 2. The molecular formula is C24H23N3O6S. The number of hydrogen-bond donors (Lipinski definition) is 4. The van der Waals surface area contributed by atoms with Crippen molar-refractivity contribution in [3.63, 3.8) is 0 Å². The summed E-state index contributed by atoms with van der Waals surface area (Å²) < 4.78 is 5.49. The minimum atomic E-state index is -1.42. The topological polar surface area (TPSA) is 138 Å². The second-order valence-corrected chi connectivity index (χ2v) is 9.03. The second kappa shape index (κ2) is 10.0. The van der Waals surface area contributed by atoms with Gasteiger partial charge in [-0.3, -0.25) is 4.79 Å². The Morgan fingerprint density at radius 1 is 1.09 bits per heavy atom. The summed E-state index contributed by atoms with van der Waals surface area (Å²) in [5, 5.41) is 23.4. The number of carbonyl (C=O) groups excluding carboxylic acids is 2. The molecule has 1 aromatic heterocycles. The average Bonchev–Trinajstić information content (AvgIpc) is 3.37. The van der Waals surface area contributed by atoms with Gasteiger partial charge in [0.15, 0.2) is 6.04 Å². The van der Waals surface area contributed by atoms with Gasteiger partial charge in [0.1, 0.15) is 17.3 Å². The summed E-state index contributed by atoms with van der Waals surface area (Å²) in [6.45, 7) is 1.17. The van der Waals surface area contributed by atoms with E-state index in [1.54, 1.807) is 6.92 Å². The molecule has 3 aromatic rings. The number of aromatic nitrogens is 1. The Morgan fingerprint density at radius 3 is 2.29 bits per heavy atom. The van der Waals surface area contributed by atoms with Gasteiger partial charge < -0.3 is 25.6 Å². The van der Waals surface area contributed by atoms with E-state index in [0.29, 0.717) is 9.88 Å². The van der Waals surface area contributed by atoms with Gasteiger partial charge in [0.05, 0.1) is 13.2 Å². The lowest BCUT2D eigenvalue weighted by Gasteiger charge is -2.14. The zero-order valence-corrected chi connectivity index (χ0v) is 19.1. The maximum absolute atomic E-state index is 12.4. The van der Waals surface area contributed by atoms with Crippen LogP contribution in [0.25, 0.3) is 11.1 Å². The second-order valence-electron chi connectivity index (χ2n) is 7.74. The highest BCUT2D eigenvalue weighted by Gasteiger charge is 2.29. The number of fused-ring (bicyclic) bond motifs is 3. The fourth-order valence-corrected chi connectivity index (χ4v) is 4.82. The summed E-state index contributed by atoms with van der Waals surface area (Å²) in [5.74, 6) is -2.10. The first kappa shape index (κ1) is 23.4. The summed E-state index contributed by atoms with van der Waals surface area (Å²) >= 11 is 1.20. The van der Waals surface area contributed by atoms with Crippen molar-refractivity contribution < 1.29 is 29.3 Å². The van der Waals surface area contributed by atoms with Crippen LogP contribution in [0, 0.1) is 6.92 Å². The molecule has 0 saturated carbocycles. The van der Waals surface area contributed by atoms with Gasteiger partial charge in [-0.15, -0.1) is 11.3 Å². The summed E-state index contributed by atoms with van der Waals surface area (Å²) in [6.07, 6.45) is -0.605. The van der Waals surface area contributed by atoms with Crippen molar-refractivity contribution in [3.8, 4) is 11.1 Å². The van der Waals surface area contributed by atoms with E-state index in [1.165, 1.54) is 11.3 Å². The Hall–Kier alpha value is -3.76. The maximum atomic E-state index is 12.4. The fraction of sp³-hybridized carbons (Fsp3) is 0.250. The quantitative estimate of drug-likeness (QED) is 0.388. The molecule has 0 saturated heterocycles. The molecule has 2 amide bonds. The third-order valence-electron chi connectivity index (χ3n) is 5.57. The molecule has 4 rings (SSSR count). The molecule has 0 aliphatic heterocycles. The summed E-state index contributed by atoms with van der Waals surface area (Å²) in [7, 11) is 0. The fourth-order valence-electron chi connectivity index (χ4n) is 3.95. The number of carbonyl (C=O) groups is 3. The Balaban J connectivity index is 1.34. The van der Waals surface area contributed by atoms with E-state index in [0.717, 1.165) is 22.3 Å². The SMILES string of the molecule is Cc1sc(CNC(=O)OCC2c3ccccc3-c3ccccc32)nc1C(=O)NC(CO)C(=O)O. The van der Waals surface area contributed by atoms with Gasteiger partial charge in [0, 0.05) is 10.8 Å². The predicted molar refractivity (Wildman–Crippen MR) is 125 cm³/mol. The molecule has 176 valence electrons. The number of aliphatic hydroxyl groups excluding tert-OH is 1. The highest BCUT2D eigenvalue weighted by Crippen LogP contribution is 2.44. The zero-order valence-electron chi connectivity index (χ0n) is 18.3. The first-order valence-corrected chi connectivity index (χ1v) is 11.4. The van der Waals surface area contributed by atoms with E-state index in [9.17, 15) is 14.4 Å². The molecular weight excluding hydrogens is 458 g/mol. The van der Waals surface area contributed by atoms with Crippen LogP contribution in [0.5, 0.6) is 0 Å². The van der Waals surface area contributed by atoms with Gasteiger partial charge in [0.25, 0.3) is 5.91 Å². The lowest BCUT2D eigenvalue weighted by Crippen LogP contribution is -2.43. The van der Waals surface area contributed by atoms with Gasteiger partial charge in [0.2, 0.25) is 0 Å². The molecule has 9 nitrogen and oxygen atoms in total. The van der Waals surface area contributed by atoms with Crippen LogP contribution < -0.4 is 10.6 Å². The van der Waals surface area contributed by atoms with E-state index >= 15 is 0 Å². The molecule has 1 heterocycles. The Bertz CT molecular complexity index is 1200. The smallest absolute Gasteiger partial charge is 0.407 e. The van der Waals surface area contributed by atoms with E-state index in [-0.39, 0.29) is 24.8 Å². The lowest BCUT2D eigenvalue weighted by molar-refractivity contribution is -0.140. The predicted octanol–water partition coefficient (Wildman–Crippen LogP) is 2.67. The van der Waals surface area contributed by atoms with Crippen LogP contribution in [0.3, 0.4) is 0 Å². The van der Waals surface area contributed by atoms with E-state index in [4.69, 9.17) is 14.9 Å². The number of alkyl carbamates (subject to hydrolysis) is 1. The number of carboxylic acid groups (broad SMARTS) is 1. The molecule has 34 heavy (non-hydrogen) atoms. The number of rotatable bonds is 8. The number of aryl methyl sites for hydroxylation is 1. The molecule has 2 aromatic carbocycles. The van der Waals surface area contributed by atoms with Crippen molar-refractivity contribution in [2.24, 2.45) is 0 Å². The number of ether oxygens (including phenoxy) is 1. The van der Waals surface area contributed by atoms with Crippen LogP contribution in [-0.4, -0.2) is 52.4 Å². The maximum Gasteiger partial charge on any atom is 0.407 e. The van der Waals surface area contributed by atoms with E-state index in [1.807, 2.05) is 36.4 Å².